The van der Waals surface area contributed by atoms with Crippen LogP contribution in [-0.4, -0.2) is 29.1 Å². The van der Waals surface area contributed by atoms with E-state index < -0.39 is 29.3 Å². The summed E-state index contributed by atoms with van der Waals surface area (Å²) >= 11 is 0. The average Bonchev–Trinajstić information content (AvgIpc) is 2.34. The molecular weight excluding hydrogens is 259 g/mol. The Kier molecular flexibility index (Phi) is 5.35. The lowest BCUT2D eigenvalue weighted by molar-refractivity contribution is -0.141. The highest BCUT2D eigenvalue weighted by atomic mass is 19.2. The van der Waals surface area contributed by atoms with Gasteiger partial charge in [0.15, 0.2) is 11.6 Å². The van der Waals surface area contributed by atoms with Crippen molar-refractivity contribution in [3.63, 3.8) is 0 Å². The van der Waals surface area contributed by atoms with Crippen molar-refractivity contribution in [3.8, 4) is 0 Å². The number of carboxylic acids is 1. The fraction of sp³-hybridized carbons (Fsp3) is 0.462. The summed E-state index contributed by atoms with van der Waals surface area (Å²) in [7, 11) is 0. The normalized spacial score (nSPS) is 12.7. The molecule has 19 heavy (non-hydrogen) atoms. The van der Waals surface area contributed by atoms with Crippen molar-refractivity contribution in [2.75, 3.05) is 13.1 Å². The van der Waals surface area contributed by atoms with Gasteiger partial charge in [0.1, 0.15) is 5.82 Å². The topological polar surface area (TPSA) is 40.5 Å². The van der Waals surface area contributed by atoms with Crippen LogP contribution in [0, 0.1) is 23.4 Å². The molecule has 0 saturated carbocycles. The predicted octanol–water partition coefficient (Wildman–Crippen LogP) is 2.65. The van der Waals surface area contributed by atoms with Crippen LogP contribution < -0.4 is 0 Å². The second kappa shape index (κ2) is 6.56. The van der Waals surface area contributed by atoms with Gasteiger partial charge >= 0.3 is 5.97 Å². The molecule has 0 bridgehead atoms. The Hall–Kier alpha value is -1.56. The minimum atomic E-state index is -1.23. The zero-order valence-electron chi connectivity index (χ0n) is 10.8. The first-order chi connectivity index (χ1) is 8.85. The van der Waals surface area contributed by atoms with Gasteiger partial charge in [-0.1, -0.05) is 13.8 Å². The average molecular weight is 275 g/mol. The maximum atomic E-state index is 13.5. The third-order valence-electron chi connectivity index (χ3n) is 2.88. The molecule has 0 fully saturated rings. The molecule has 1 N–H and O–H groups in total. The number of aliphatic carboxylic acids is 1. The lowest BCUT2D eigenvalue weighted by atomic mass is 10.1. The summed E-state index contributed by atoms with van der Waals surface area (Å²) < 4.78 is 39.3. The first-order valence-electron chi connectivity index (χ1n) is 5.93. The van der Waals surface area contributed by atoms with E-state index in [-0.39, 0.29) is 18.7 Å². The van der Waals surface area contributed by atoms with Crippen LogP contribution in [0.4, 0.5) is 13.2 Å². The summed E-state index contributed by atoms with van der Waals surface area (Å²) in [4.78, 5) is 12.4. The smallest absolute Gasteiger partial charge is 0.307 e. The molecule has 3 nitrogen and oxygen atoms in total. The molecule has 0 aromatic heterocycles. The van der Waals surface area contributed by atoms with Crippen molar-refractivity contribution in [3.05, 3.63) is 35.1 Å². The summed E-state index contributed by atoms with van der Waals surface area (Å²) in [5.41, 5.74) is 0.0124. The molecule has 1 aromatic carbocycles. The molecule has 0 amide bonds. The third kappa shape index (κ3) is 4.24. The summed E-state index contributed by atoms with van der Waals surface area (Å²) in [6.45, 7) is 4.05. The zero-order valence-corrected chi connectivity index (χ0v) is 10.8. The number of benzene rings is 1. The van der Waals surface area contributed by atoms with E-state index in [9.17, 15) is 18.0 Å². The Morgan fingerprint density at radius 2 is 1.84 bits per heavy atom. The molecule has 1 atom stereocenters. The van der Waals surface area contributed by atoms with E-state index in [1.807, 2.05) is 0 Å². The van der Waals surface area contributed by atoms with Crippen LogP contribution >= 0.6 is 0 Å². The van der Waals surface area contributed by atoms with E-state index in [0.717, 1.165) is 6.07 Å². The maximum absolute atomic E-state index is 13.5. The second-order valence-corrected chi connectivity index (χ2v) is 4.42. The van der Waals surface area contributed by atoms with Gasteiger partial charge in [0, 0.05) is 24.7 Å². The van der Waals surface area contributed by atoms with Crippen LogP contribution in [0.15, 0.2) is 12.1 Å². The zero-order chi connectivity index (χ0) is 14.6. The highest BCUT2D eigenvalue weighted by Gasteiger charge is 2.17. The van der Waals surface area contributed by atoms with Crippen LogP contribution in [-0.2, 0) is 11.3 Å². The Labute approximate surface area is 109 Å². The van der Waals surface area contributed by atoms with Gasteiger partial charge in [-0.2, -0.15) is 0 Å². The minimum Gasteiger partial charge on any atom is -0.481 e. The quantitative estimate of drug-likeness (QED) is 0.811. The van der Waals surface area contributed by atoms with Crippen LogP contribution in [0.3, 0.4) is 0 Å². The number of nitrogens with zero attached hydrogens (tertiary/aromatic N) is 1. The molecule has 6 heteroatoms. The van der Waals surface area contributed by atoms with Crippen molar-refractivity contribution >= 4 is 5.97 Å². The molecule has 0 aliphatic carbocycles. The van der Waals surface area contributed by atoms with Gasteiger partial charge in [-0.3, -0.25) is 9.69 Å². The van der Waals surface area contributed by atoms with Gasteiger partial charge in [0.25, 0.3) is 0 Å². The monoisotopic (exact) mass is 275 g/mol. The fourth-order valence-corrected chi connectivity index (χ4v) is 1.70. The summed E-state index contributed by atoms with van der Waals surface area (Å²) in [5.74, 6) is -4.75. The standard InChI is InChI=1S/C13H16F3NO2/c1-3-17(6-8(2)13(18)19)7-9-4-11(15)12(16)5-10(9)14/h4-5,8H,3,6-7H2,1-2H3,(H,18,19). The van der Waals surface area contributed by atoms with Gasteiger partial charge in [-0.25, -0.2) is 13.2 Å². The number of hydrogen-bond donors (Lipinski definition) is 1. The Balaban J connectivity index is 2.81. The highest BCUT2D eigenvalue weighted by Crippen LogP contribution is 2.16. The summed E-state index contributed by atoms with van der Waals surface area (Å²) in [5, 5.41) is 8.82. The highest BCUT2D eigenvalue weighted by molar-refractivity contribution is 5.69. The van der Waals surface area contributed by atoms with Crippen LogP contribution in [0.2, 0.25) is 0 Å². The van der Waals surface area contributed by atoms with E-state index in [4.69, 9.17) is 5.11 Å². The van der Waals surface area contributed by atoms with Gasteiger partial charge in [0.2, 0.25) is 0 Å². The largest absolute Gasteiger partial charge is 0.481 e. The van der Waals surface area contributed by atoms with Crippen LogP contribution in [0.1, 0.15) is 19.4 Å². The van der Waals surface area contributed by atoms with Crippen LogP contribution in [0.5, 0.6) is 0 Å². The van der Waals surface area contributed by atoms with Crippen molar-refractivity contribution in [1.82, 2.24) is 4.90 Å². The molecule has 0 aliphatic heterocycles. The minimum absolute atomic E-state index is 0.0124. The third-order valence-corrected chi connectivity index (χ3v) is 2.88. The summed E-state index contributed by atoms with van der Waals surface area (Å²) in [6, 6.07) is 1.30. The molecule has 0 aliphatic rings. The van der Waals surface area contributed by atoms with Crippen LogP contribution in [0.25, 0.3) is 0 Å². The number of carboxylic acid groups (broad SMARTS) is 1. The van der Waals surface area contributed by atoms with Crippen molar-refractivity contribution in [2.45, 2.75) is 20.4 Å². The molecular formula is C13H16F3NO2. The van der Waals surface area contributed by atoms with Gasteiger partial charge in [0.05, 0.1) is 5.92 Å². The van der Waals surface area contributed by atoms with Crippen molar-refractivity contribution in [1.29, 1.82) is 0 Å². The Morgan fingerprint density at radius 1 is 1.26 bits per heavy atom. The molecule has 1 aromatic rings. The maximum Gasteiger partial charge on any atom is 0.307 e. The molecule has 0 saturated heterocycles. The number of halogens is 3. The molecule has 1 unspecified atom stereocenters. The molecule has 0 heterocycles. The Morgan fingerprint density at radius 3 is 2.37 bits per heavy atom. The predicted molar refractivity (Wildman–Crippen MR) is 64.1 cm³/mol. The van der Waals surface area contributed by atoms with Gasteiger partial charge in [-0.15, -0.1) is 0 Å². The van der Waals surface area contributed by atoms with Gasteiger partial charge < -0.3 is 5.11 Å². The van der Waals surface area contributed by atoms with Crippen molar-refractivity contribution in [2.24, 2.45) is 5.92 Å². The van der Waals surface area contributed by atoms with Gasteiger partial charge in [-0.05, 0) is 12.6 Å². The molecule has 0 radical (unpaired) electrons. The lowest BCUT2D eigenvalue weighted by Gasteiger charge is -2.22. The van der Waals surface area contributed by atoms with E-state index in [0.29, 0.717) is 12.6 Å². The Bertz CT molecular complexity index is 465. The van der Waals surface area contributed by atoms with Crippen molar-refractivity contribution < 1.29 is 23.1 Å². The van der Waals surface area contributed by atoms with E-state index >= 15 is 0 Å². The van der Waals surface area contributed by atoms with E-state index in [2.05, 4.69) is 0 Å². The number of hydrogen-bond acceptors (Lipinski definition) is 2. The summed E-state index contributed by atoms with van der Waals surface area (Å²) in [6.07, 6.45) is 0. The lowest BCUT2D eigenvalue weighted by Crippen LogP contribution is -2.31. The van der Waals surface area contributed by atoms with E-state index in [1.165, 1.54) is 6.92 Å². The fourth-order valence-electron chi connectivity index (χ4n) is 1.70. The molecule has 1 rings (SSSR count). The first-order valence-corrected chi connectivity index (χ1v) is 5.93. The van der Waals surface area contributed by atoms with E-state index in [1.54, 1.807) is 11.8 Å². The number of carbonyl (C=O) groups is 1. The molecule has 0 spiro atoms. The molecule has 106 valence electrons. The second-order valence-electron chi connectivity index (χ2n) is 4.42. The number of rotatable bonds is 6. The first kappa shape index (κ1) is 15.5. The SMILES string of the molecule is CCN(Cc1cc(F)c(F)cc1F)CC(C)C(=O)O.